The van der Waals surface area contributed by atoms with Gasteiger partial charge in [-0.3, -0.25) is 24.8 Å². The second-order valence-corrected chi connectivity index (χ2v) is 7.65. The topological polar surface area (TPSA) is 76.5 Å². The molecule has 162 valence electrons. The van der Waals surface area contributed by atoms with Crippen LogP contribution in [0.2, 0.25) is 0 Å². The van der Waals surface area contributed by atoms with Crippen molar-refractivity contribution in [2.24, 2.45) is 0 Å². The van der Waals surface area contributed by atoms with Gasteiger partial charge < -0.3 is 9.30 Å². The van der Waals surface area contributed by atoms with Crippen LogP contribution in [0.1, 0.15) is 23.9 Å². The maximum Gasteiger partial charge on any atom is 0.270 e. The summed E-state index contributed by atoms with van der Waals surface area (Å²) in [6.07, 6.45) is 5.08. The molecule has 0 bridgehead atoms. The number of nitrogens with one attached hydrogen (secondary N) is 1. The molecule has 1 aliphatic rings. The predicted octanol–water partition coefficient (Wildman–Crippen LogP) is 3.72. The number of amides is 2. The van der Waals surface area contributed by atoms with E-state index in [2.05, 4.69) is 10.3 Å². The van der Waals surface area contributed by atoms with Crippen molar-refractivity contribution in [1.82, 2.24) is 14.9 Å². The van der Waals surface area contributed by atoms with Crippen LogP contribution >= 0.6 is 12.2 Å². The van der Waals surface area contributed by atoms with Crippen molar-refractivity contribution in [3.8, 4) is 11.4 Å². The fraction of sp³-hybridized carbons (Fsp3) is 0.167. The number of ether oxygens (including phenoxy) is 1. The molecule has 0 spiro atoms. The third-order valence-corrected chi connectivity index (χ3v) is 5.45. The highest BCUT2D eigenvalue weighted by Gasteiger charge is 2.35. The van der Waals surface area contributed by atoms with Crippen LogP contribution in [0.15, 0.2) is 60.4 Å². The second kappa shape index (κ2) is 8.76. The normalized spacial score (nSPS) is 15.3. The van der Waals surface area contributed by atoms with Gasteiger partial charge in [0.05, 0.1) is 24.2 Å². The van der Waals surface area contributed by atoms with Crippen LogP contribution < -0.4 is 15.0 Å². The van der Waals surface area contributed by atoms with Gasteiger partial charge >= 0.3 is 0 Å². The molecule has 32 heavy (non-hydrogen) atoms. The number of rotatable bonds is 5. The van der Waals surface area contributed by atoms with E-state index in [4.69, 9.17) is 17.0 Å². The number of nitrogens with zero attached hydrogens (tertiary/aromatic N) is 3. The van der Waals surface area contributed by atoms with E-state index in [1.807, 2.05) is 43.5 Å². The average molecular weight is 447 g/mol. The van der Waals surface area contributed by atoms with Gasteiger partial charge in [0, 0.05) is 23.7 Å². The standard InChI is InChI=1S/C24H22N4O3S/c1-4-31-20-9-5-7-18(13-20)28-23(30)21(22(29)26-24(28)32)12-17-11-15(2)27(16(17)3)19-8-6-10-25-14-19/h5-14H,4H2,1-3H3,(H,26,29,32). The van der Waals surface area contributed by atoms with E-state index >= 15 is 0 Å². The van der Waals surface area contributed by atoms with E-state index in [9.17, 15) is 9.59 Å². The molecule has 0 unspecified atom stereocenters. The molecule has 3 aromatic rings. The lowest BCUT2D eigenvalue weighted by Gasteiger charge is -2.29. The Kier molecular flexibility index (Phi) is 5.87. The lowest BCUT2D eigenvalue weighted by atomic mass is 10.1. The number of anilines is 1. The molecule has 7 nitrogen and oxygen atoms in total. The minimum atomic E-state index is -0.525. The fourth-order valence-corrected chi connectivity index (χ4v) is 4.02. The van der Waals surface area contributed by atoms with Gasteiger partial charge in [-0.2, -0.15) is 0 Å². The van der Waals surface area contributed by atoms with Gasteiger partial charge in [-0.05, 0) is 75.0 Å². The predicted molar refractivity (Wildman–Crippen MR) is 127 cm³/mol. The molecule has 1 fully saturated rings. The molecule has 2 aromatic heterocycles. The van der Waals surface area contributed by atoms with Crippen LogP contribution in [0.3, 0.4) is 0 Å². The van der Waals surface area contributed by atoms with E-state index in [-0.39, 0.29) is 10.7 Å². The lowest BCUT2D eigenvalue weighted by Crippen LogP contribution is -2.54. The first kappa shape index (κ1) is 21.5. The molecule has 1 saturated heterocycles. The Morgan fingerprint density at radius 3 is 2.62 bits per heavy atom. The third-order valence-electron chi connectivity index (χ3n) is 5.16. The van der Waals surface area contributed by atoms with Crippen LogP contribution in [0.4, 0.5) is 5.69 Å². The molecule has 2 amide bonds. The maximum absolute atomic E-state index is 13.3. The highest BCUT2D eigenvalue weighted by atomic mass is 32.1. The van der Waals surface area contributed by atoms with Crippen molar-refractivity contribution in [3.63, 3.8) is 0 Å². The quantitative estimate of drug-likeness (QED) is 0.367. The van der Waals surface area contributed by atoms with Crippen LogP contribution in [0.5, 0.6) is 5.75 Å². The Hall–Kier alpha value is -3.78. The first-order valence-corrected chi connectivity index (χ1v) is 10.5. The van der Waals surface area contributed by atoms with Gasteiger partial charge in [0.2, 0.25) is 0 Å². The Morgan fingerprint density at radius 1 is 1.12 bits per heavy atom. The van der Waals surface area contributed by atoms with Crippen LogP contribution in [-0.2, 0) is 9.59 Å². The van der Waals surface area contributed by atoms with Gasteiger partial charge in [-0.25, -0.2) is 0 Å². The van der Waals surface area contributed by atoms with Gasteiger partial charge in [-0.1, -0.05) is 6.07 Å². The first-order chi connectivity index (χ1) is 15.4. The summed E-state index contributed by atoms with van der Waals surface area (Å²) in [4.78, 5) is 31.5. The fourth-order valence-electron chi connectivity index (χ4n) is 3.74. The number of carbonyl (C=O) groups is 2. The van der Waals surface area contributed by atoms with Crippen molar-refractivity contribution in [2.75, 3.05) is 11.5 Å². The molecule has 0 saturated carbocycles. The SMILES string of the molecule is CCOc1cccc(N2C(=O)C(=Cc3cc(C)n(-c4cccnc4)c3C)C(=O)NC2=S)c1. The summed E-state index contributed by atoms with van der Waals surface area (Å²) in [6, 6.07) is 12.8. The molecule has 0 aliphatic carbocycles. The van der Waals surface area contributed by atoms with Gasteiger partial charge in [-0.15, -0.1) is 0 Å². The molecule has 0 atom stereocenters. The first-order valence-electron chi connectivity index (χ1n) is 10.1. The van der Waals surface area contributed by atoms with Crippen molar-refractivity contribution in [1.29, 1.82) is 0 Å². The summed E-state index contributed by atoms with van der Waals surface area (Å²) in [5, 5.41) is 2.66. The van der Waals surface area contributed by atoms with Gasteiger partial charge in [0.25, 0.3) is 11.8 Å². The zero-order valence-electron chi connectivity index (χ0n) is 18.0. The molecule has 3 heterocycles. The van der Waals surface area contributed by atoms with E-state index in [0.717, 1.165) is 22.6 Å². The monoisotopic (exact) mass is 446 g/mol. The summed E-state index contributed by atoms with van der Waals surface area (Å²) in [5.74, 6) is -0.398. The van der Waals surface area contributed by atoms with E-state index in [0.29, 0.717) is 18.0 Å². The molecule has 1 N–H and O–H groups in total. The van der Waals surface area contributed by atoms with Gasteiger partial charge in [0.1, 0.15) is 11.3 Å². The minimum absolute atomic E-state index is 0.00634. The second-order valence-electron chi connectivity index (χ2n) is 7.26. The largest absolute Gasteiger partial charge is 0.494 e. The average Bonchev–Trinajstić information content (AvgIpc) is 3.05. The van der Waals surface area contributed by atoms with Crippen LogP contribution in [0.25, 0.3) is 11.8 Å². The van der Waals surface area contributed by atoms with Crippen molar-refractivity contribution in [3.05, 3.63) is 77.4 Å². The van der Waals surface area contributed by atoms with Gasteiger partial charge in [0.15, 0.2) is 5.11 Å². The Bertz CT molecular complexity index is 1250. The molecule has 4 rings (SSSR count). The summed E-state index contributed by atoms with van der Waals surface area (Å²) in [6.45, 7) is 6.28. The summed E-state index contributed by atoms with van der Waals surface area (Å²) in [7, 11) is 0. The highest BCUT2D eigenvalue weighted by molar-refractivity contribution is 7.80. The van der Waals surface area contributed by atoms with Crippen molar-refractivity contribution >= 4 is 40.9 Å². The maximum atomic E-state index is 13.3. The lowest BCUT2D eigenvalue weighted by molar-refractivity contribution is -0.122. The van der Waals surface area contributed by atoms with E-state index in [1.54, 1.807) is 42.7 Å². The number of thiocarbonyl (C=S) groups is 1. The summed E-state index contributed by atoms with van der Waals surface area (Å²) >= 11 is 5.30. The highest BCUT2D eigenvalue weighted by Crippen LogP contribution is 2.27. The molecular formula is C24H22N4O3S. The van der Waals surface area contributed by atoms with Crippen LogP contribution in [-0.4, -0.2) is 33.1 Å². The summed E-state index contributed by atoms with van der Waals surface area (Å²) < 4.78 is 7.56. The Morgan fingerprint density at radius 2 is 1.91 bits per heavy atom. The van der Waals surface area contributed by atoms with Crippen molar-refractivity contribution in [2.45, 2.75) is 20.8 Å². The zero-order chi connectivity index (χ0) is 22.8. The molecule has 8 heteroatoms. The molecular weight excluding hydrogens is 424 g/mol. The van der Waals surface area contributed by atoms with E-state index in [1.165, 1.54) is 4.90 Å². The van der Waals surface area contributed by atoms with Crippen LogP contribution in [0, 0.1) is 13.8 Å². The zero-order valence-corrected chi connectivity index (χ0v) is 18.8. The number of hydrogen-bond acceptors (Lipinski definition) is 5. The molecule has 1 aliphatic heterocycles. The smallest absolute Gasteiger partial charge is 0.270 e. The number of pyridine rings is 1. The Labute approximate surface area is 191 Å². The third kappa shape index (κ3) is 3.92. The Balaban J connectivity index is 1.74. The molecule has 0 radical (unpaired) electrons. The number of benzene rings is 1. The number of aryl methyl sites for hydroxylation is 1. The summed E-state index contributed by atoms with van der Waals surface area (Å²) in [5.41, 5.74) is 4.05. The number of carbonyl (C=O) groups excluding carboxylic acids is 2. The minimum Gasteiger partial charge on any atom is -0.494 e. The van der Waals surface area contributed by atoms with E-state index < -0.39 is 11.8 Å². The number of hydrogen-bond donors (Lipinski definition) is 1. The van der Waals surface area contributed by atoms with Crippen molar-refractivity contribution < 1.29 is 14.3 Å². The number of aromatic nitrogens is 2. The molecule has 1 aromatic carbocycles.